The maximum atomic E-state index is 12.4. The summed E-state index contributed by atoms with van der Waals surface area (Å²) >= 11 is 3.45. The zero-order valence-electron chi connectivity index (χ0n) is 13.4. The number of esters is 1. The van der Waals surface area contributed by atoms with Crippen molar-refractivity contribution in [3.05, 3.63) is 64.1 Å². The van der Waals surface area contributed by atoms with Crippen LogP contribution in [-0.2, 0) is 16.0 Å². The summed E-state index contributed by atoms with van der Waals surface area (Å²) in [6.07, 6.45) is -0.599. The molecule has 1 aromatic heterocycles. The van der Waals surface area contributed by atoms with E-state index in [9.17, 15) is 9.59 Å². The highest BCUT2D eigenvalue weighted by atomic mass is 79.9. The summed E-state index contributed by atoms with van der Waals surface area (Å²) in [5, 5.41) is 9.37. The van der Waals surface area contributed by atoms with Gasteiger partial charge in [0.15, 0.2) is 11.9 Å². The van der Waals surface area contributed by atoms with Crippen LogP contribution in [0.3, 0.4) is 0 Å². The van der Waals surface area contributed by atoms with E-state index in [1.54, 1.807) is 12.1 Å². The van der Waals surface area contributed by atoms with E-state index >= 15 is 0 Å². The van der Waals surface area contributed by atoms with Gasteiger partial charge in [-0.05, 0) is 17.7 Å². The molecule has 2 aromatic carbocycles. The molecule has 130 valence electrons. The maximum absolute atomic E-state index is 12.4. The molecule has 0 saturated carbocycles. The SMILES string of the molecule is O=C1OC(C(=O)Nc2n[nH]c(-c3ccccc3Br)n2)Cc2ccccc21. The van der Waals surface area contributed by atoms with Crippen LogP contribution in [0.5, 0.6) is 0 Å². The van der Waals surface area contributed by atoms with Gasteiger partial charge in [-0.2, -0.15) is 4.98 Å². The molecule has 2 N–H and O–H groups in total. The van der Waals surface area contributed by atoms with Gasteiger partial charge in [-0.1, -0.05) is 52.3 Å². The fourth-order valence-electron chi connectivity index (χ4n) is 2.76. The Hall–Kier alpha value is -3.00. The number of anilines is 1. The molecule has 0 aliphatic carbocycles. The number of fused-ring (bicyclic) bond motifs is 1. The van der Waals surface area contributed by atoms with Crippen LogP contribution >= 0.6 is 15.9 Å². The Morgan fingerprint density at radius 1 is 1.15 bits per heavy atom. The molecule has 2 heterocycles. The summed E-state index contributed by atoms with van der Waals surface area (Å²) in [7, 11) is 0. The van der Waals surface area contributed by atoms with Gasteiger partial charge in [0.1, 0.15) is 0 Å². The van der Waals surface area contributed by atoms with Crippen LogP contribution in [0.4, 0.5) is 5.95 Å². The first-order valence-electron chi connectivity index (χ1n) is 7.89. The second-order valence-corrected chi connectivity index (χ2v) is 6.59. The first-order valence-corrected chi connectivity index (χ1v) is 8.68. The Morgan fingerprint density at radius 3 is 2.69 bits per heavy atom. The highest BCUT2D eigenvalue weighted by molar-refractivity contribution is 9.10. The average molecular weight is 413 g/mol. The van der Waals surface area contributed by atoms with Crippen molar-refractivity contribution in [2.45, 2.75) is 12.5 Å². The summed E-state index contributed by atoms with van der Waals surface area (Å²) in [5.74, 6) is -0.337. The number of hydrogen-bond donors (Lipinski definition) is 2. The van der Waals surface area contributed by atoms with Crippen molar-refractivity contribution in [2.75, 3.05) is 5.32 Å². The van der Waals surface area contributed by atoms with Gasteiger partial charge in [0, 0.05) is 16.5 Å². The molecule has 0 bridgehead atoms. The van der Waals surface area contributed by atoms with E-state index < -0.39 is 18.0 Å². The average Bonchev–Trinajstić information content (AvgIpc) is 3.10. The van der Waals surface area contributed by atoms with Crippen molar-refractivity contribution in [2.24, 2.45) is 0 Å². The molecule has 1 aliphatic heterocycles. The van der Waals surface area contributed by atoms with Crippen molar-refractivity contribution in [3.63, 3.8) is 0 Å². The monoisotopic (exact) mass is 412 g/mol. The van der Waals surface area contributed by atoms with E-state index in [4.69, 9.17) is 4.74 Å². The molecule has 0 saturated heterocycles. The first-order chi connectivity index (χ1) is 12.6. The number of benzene rings is 2. The van der Waals surface area contributed by atoms with Gasteiger partial charge in [0.2, 0.25) is 5.95 Å². The quantitative estimate of drug-likeness (QED) is 0.644. The number of nitrogens with one attached hydrogen (secondary N) is 2. The van der Waals surface area contributed by atoms with Crippen molar-refractivity contribution in [1.29, 1.82) is 0 Å². The van der Waals surface area contributed by atoms with Crippen LogP contribution in [0.15, 0.2) is 53.0 Å². The van der Waals surface area contributed by atoms with E-state index in [1.807, 2.05) is 36.4 Å². The minimum atomic E-state index is -0.914. The topological polar surface area (TPSA) is 97.0 Å². The van der Waals surface area contributed by atoms with Gasteiger partial charge in [-0.3, -0.25) is 15.2 Å². The predicted molar refractivity (Wildman–Crippen MR) is 97.5 cm³/mol. The number of amides is 1. The van der Waals surface area contributed by atoms with E-state index in [0.29, 0.717) is 17.8 Å². The van der Waals surface area contributed by atoms with Gasteiger partial charge < -0.3 is 4.74 Å². The number of nitrogens with zero attached hydrogens (tertiary/aromatic N) is 2. The van der Waals surface area contributed by atoms with Gasteiger partial charge in [-0.15, -0.1) is 5.10 Å². The molecular formula is C18H13BrN4O3. The summed E-state index contributed by atoms with van der Waals surface area (Å²) < 4.78 is 6.09. The Bertz CT molecular complexity index is 1000. The van der Waals surface area contributed by atoms with E-state index in [-0.39, 0.29) is 5.95 Å². The molecule has 0 spiro atoms. The standard InChI is InChI=1S/C18H13BrN4O3/c19-13-8-4-3-7-12(13)15-20-18(23-22-15)21-16(24)14-9-10-5-1-2-6-11(10)17(25)26-14/h1-8,14H,9H2,(H2,20,21,22,23,24). The fraction of sp³-hybridized carbons (Fsp3) is 0.111. The van der Waals surface area contributed by atoms with Crippen LogP contribution in [0.2, 0.25) is 0 Å². The smallest absolute Gasteiger partial charge is 0.339 e. The lowest BCUT2D eigenvalue weighted by Crippen LogP contribution is -2.38. The Morgan fingerprint density at radius 2 is 1.88 bits per heavy atom. The molecule has 0 radical (unpaired) electrons. The number of ether oxygens (including phenoxy) is 1. The number of rotatable bonds is 3. The minimum absolute atomic E-state index is 0.121. The number of aromatic amines is 1. The summed E-state index contributed by atoms with van der Waals surface area (Å²) in [4.78, 5) is 28.7. The second kappa shape index (κ2) is 6.72. The molecule has 3 aromatic rings. The third-order valence-electron chi connectivity index (χ3n) is 4.03. The number of halogens is 1. The van der Waals surface area contributed by atoms with Crippen molar-refractivity contribution in [1.82, 2.24) is 15.2 Å². The predicted octanol–water partition coefficient (Wildman–Crippen LogP) is 2.95. The highest BCUT2D eigenvalue weighted by Gasteiger charge is 2.31. The molecule has 1 unspecified atom stereocenters. The van der Waals surface area contributed by atoms with Crippen LogP contribution in [0.1, 0.15) is 15.9 Å². The Labute approximate surface area is 156 Å². The Kier molecular flexibility index (Phi) is 4.26. The molecule has 4 rings (SSSR count). The lowest BCUT2D eigenvalue weighted by Gasteiger charge is -2.23. The lowest BCUT2D eigenvalue weighted by molar-refractivity contribution is -0.125. The molecule has 1 aliphatic rings. The van der Waals surface area contributed by atoms with Crippen LogP contribution < -0.4 is 5.32 Å². The maximum Gasteiger partial charge on any atom is 0.339 e. The van der Waals surface area contributed by atoms with Crippen molar-refractivity contribution >= 4 is 33.8 Å². The molecular weight excluding hydrogens is 400 g/mol. The van der Waals surface area contributed by atoms with Gasteiger partial charge >= 0.3 is 5.97 Å². The number of aromatic nitrogens is 3. The number of hydrogen-bond acceptors (Lipinski definition) is 5. The highest BCUT2D eigenvalue weighted by Crippen LogP contribution is 2.26. The number of carbonyl (C=O) groups is 2. The zero-order valence-corrected chi connectivity index (χ0v) is 15.0. The zero-order chi connectivity index (χ0) is 18.1. The molecule has 7 nitrogen and oxygen atoms in total. The third-order valence-corrected chi connectivity index (χ3v) is 4.73. The molecule has 1 amide bonds. The van der Waals surface area contributed by atoms with Gasteiger partial charge in [-0.25, -0.2) is 4.79 Å². The largest absolute Gasteiger partial charge is 0.448 e. The summed E-state index contributed by atoms with van der Waals surface area (Å²) in [6.45, 7) is 0. The molecule has 8 heteroatoms. The normalized spacial score (nSPS) is 15.9. The summed E-state index contributed by atoms with van der Waals surface area (Å²) in [5.41, 5.74) is 2.09. The molecule has 26 heavy (non-hydrogen) atoms. The minimum Gasteiger partial charge on any atom is -0.448 e. The fourth-order valence-corrected chi connectivity index (χ4v) is 3.23. The molecule has 0 fully saturated rings. The van der Waals surface area contributed by atoms with Gasteiger partial charge in [0.05, 0.1) is 5.56 Å². The first kappa shape index (κ1) is 16.5. The van der Waals surface area contributed by atoms with Gasteiger partial charge in [0.25, 0.3) is 5.91 Å². The second-order valence-electron chi connectivity index (χ2n) is 5.73. The van der Waals surface area contributed by atoms with Crippen molar-refractivity contribution in [3.8, 4) is 11.4 Å². The van der Waals surface area contributed by atoms with E-state index in [2.05, 4.69) is 36.4 Å². The summed E-state index contributed by atoms with van der Waals surface area (Å²) in [6, 6.07) is 14.6. The Balaban J connectivity index is 1.50. The number of cyclic esters (lactones) is 1. The van der Waals surface area contributed by atoms with Crippen LogP contribution in [0, 0.1) is 0 Å². The third kappa shape index (κ3) is 3.11. The molecule has 1 atom stereocenters. The van der Waals surface area contributed by atoms with E-state index in [1.165, 1.54) is 0 Å². The van der Waals surface area contributed by atoms with E-state index in [0.717, 1.165) is 15.6 Å². The van der Waals surface area contributed by atoms with Crippen molar-refractivity contribution < 1.29 is 14.3 Å². The van der Waals surface area contributed by atoms with Crippen LogP contribution in [0.25, 0.3) is 11.4 Å². The lowest BCUT2D eigenvalue weighted by atomic mass is 9.98. The number of carbonyl (C=O) groups excluding carboxylic acids is 2. The van der Waals surface area contributed by atoms with Crippen LogP contribution in [-0.4, -0.2) is 33.2 Å². The number of H-pyrrole nitrogens is 1.